The number of nitrogens with zero attached hydrogens (tertiary/aromatic N) is 3. The lowest BCUT2D eigenvalue weighted by molar-refractivity contribution is -0.274. The van der Waals surface area contributed by atoms with E-state index in [1.54, 1.807) is 36.2 Å². The number of anilines is 1. The molecule has 1 heterocycles. The third kappa shape index (κ3) is 8.11. The highest BCUT2D eigenvalue weighted by Crippen LogP contribution is 2.27. The zero-order valence-electron chi connectivity index (χ0n) is 21.0. The number of rotatable bonds is 9. The van der Waals surface area contributed by atoms with Crippen molar-refractivity contribution >= 4 is 34.7 Å². The Kier molecular flexibility index (Phi) is 9.32. The van der Waals surface area contributed by atoms with Crippen molar-refractivity contribution in [3.05, 3.63) is 99.6 Å². The van der Waals surface area contributed by atoms with Gasteiger partial charge in [0, 0.05) is 36.2 Å². The van der Waals surface area contributed by atoms with Crippen molar-refractivity contribution in [1.82, 2.24) is 9.88 Å². The van der Waals surface area contributed by atoms with Crippen LogP contribution in [0.1, 0.15) is 12.0 Å². The second kappa shape index (κ2) is 12.9. The fourth-order valence-electron chi connectivity index (χ4n) is 3.80. The number of benzene rings is 3. The van der Waals surface area contributed by atoms with Crippen LogP contribution in [0.4, 0.5) is 23.7 Å². The van der Waals surface area contributed by atoms with Gasteiger partial charge in [-0.05, 0) is 66.1 Å². The van der Waals surface area contributed by atoms with Crippen LogP contribution in [-0.2, 0) is 13.1 Å². The summed E-state index contributed by atoms with van der Waals surface area (Å²) in [5.41, 5.74) is 3.30. The van der Waals surface area contributed by atoms with Gasteiger partial charge in [0.05, 0.1) is 12.2 Å². The highest BCUT2D eigenvalue weighted by molar-refractivity contribution is 7.07. The SMILES string of the molecule is CN(C(=O)NCCCn1c(-c2ccc(OC(F)(F)F)cc2)csc1=NCc1ccc(Cl)cc1)c1ccccc1. The Hall–Kier alpha value is -3.76. The summed E-state index contributed by atoms with van der Waals surface area (Å²) in [5, 5.41) is 5.49. The lowest BCUT2D eigenvalue weighted by Gasteiger charge is -2.18. The van der Waals surface area contributed by atoms with Crippen molar-refractivity contribution in [3.63, 3.8) is 0 Å². The minimum atomic E-state index is -4.75. The summed E-state index contributed by atoms with van der Waals surface area (Å²) in [6.07, 6.45) is -4.14. The molecular formula is C28H26ClF3N4O2S. The molecule has 11 heteroatoms. The second-order valence-electron chi connectivity index (χ2n) is 8.55. The molecule has 3 aromatic carbocycles. The van der Waals surface area contributed by atoms with Crippen LogP contribution in [0.15, 0.2) is 89.2 Å². The molecule has 0 bridgehead atoms. The molecule has 0 aliphatic rings. The van der Waals surface area contributed by atoms with E-state index < -0.39 is 6.36 Å². The molecule has 0 aliphatic carbocycles. The molecule has 0 spiro atoms. The molecule has 0 atom stereocenters. The molecule has 0 aliphatic heterocycles. The number of halogens is 4. The Morgan fingerprint density at radius 3 is 2.41 bits per heavy atom. The minimum absolute atomic E-state index is 0.218. The van der Waals surface area contributed by atoms with Crippen LogP contribution in [0.5, 0.6) is 5.75 Å². The number of nitrogens with one attached hydrogen (secondary N) is 1. The minimum Gasteiger partial charge on any atom is -0.406 e. The number of alkyl halides is 3. The number of carbonyl (C=O) groups is 1. The maximum absolute atomic E-state index is 12.6. The van der Waals surface area contributed by atoms with Crippen molar-refractivity contribution in [2.75, 3.05) is 18.5 Å². The first-order chi connectivity index (χ1) is 18.7. The molecule has 1 N–H and O–H groups in total. The van der Waals surface area contributed by atoms with Crippen LogP contribution in [0.2, 0.25) is 5.02 Å². The van der Waals surface area contributed by atoms with Crippen LogP contribution in [0.3, 0.4) is 0 Å². The monoisotopic (exact) mass is 574 g/mol. The van der Waals surface area contributed by atoms with Crippen LogP contribution in [-0.4, -0.2) is 30.6 Å². The van der Waals surface area contributed by atoms with E-state index >= 15 is 0 Å². The van der Waals surface area contributed by atoms with E-state index in [0.717, 1.165) is 27.3 Å². The van der Waals surface area contributed by atoms with Gasteiger partial charge in [0.25, 0.3) is 0 Å². The normalized spacial score (nSPS) is 11.9. The molecular weight excluding hydrogens is 549 g/mol. The maximum atomic E-state index is 12.6. The van der Waals surface area contributed by atoms with E-state index in [1.165, 1.54) is 23.5 Å². The summed E-state index contributed by atoms with van der Waals surface area (Å²) >= 11 is 7.42. The van der Waals surface area contributed by atoms with Gasteiger partial charge in [-0.15, -0.1) is 24.5 Å². The Balaban J connectivity index is 1.50. The average molecular weight is 575 g/mol. The van der Waals surface area contributed by atoms with Crippen LogP contribution in [0, 0.1) is 0 Å². The number of amides is 2. The van der Waals surface area contributed by atoms with Gasteiger partial charge >= 0.3 is 12.4 Å². The van der Waals surface area contributed by atoms with Gasteiger partial charge < -0.3 is 14.6 Å². The van der Waals surface area contributed by atoms with Gasteiger partial charge in [-0.2, -0.15) is 0 Å². The third-order valence-electron chi connectivity index (χ3n) is 5.77. The summed E-state index contributed by atoms with van der Waals surface area (Å²) < 4.78 is 43.7. The Morgan fingerprint density at radius 1 is 1.05 bits per heavy atom. The number of hydrogen-bond donors (Lipinski definition) is 1. The smallest absolute Gasteiger partial charge is 0.406 e. The number of carbonyl (C=O) groups excluding carboxylic acids is 1. The zero-order chi connectivity index (χ0) is 27.8. The van der Waals surface area contributed by atoms with Crippen LogP contribution >= 0.6 is 22.9 Å². The molecule has 0 radical (unpaired) electrons. The molecule has 0 saturated carbocycles. The number of thiazole rings is 1. The van der Waals surface area contributed by atoms with Crippen LogP contribution in [0.25, 0.3) is 11.3 Å². The Labute approximate surface area is 233 Å². The molecule has 2 amide bonds. The van der Waals surface area contributed by atoms with Crippen molar-refractivity contribution in [3.8, 4) is 17.0 Å². The number of aromatic nitrogens is 1. The van der Waals surface area contributed by atoms with E-state index in [9.17, 15) is 18.0 Å². The van der Waals surface area contributed by atoms with Crippen LogP contribution < -0.4 is 19.8 Å². The van der Waals surface area contributed by atoms with Gasteiger partial charge in [-0.25, -0.2) is 4.79 Å². The highest BCUT2D eigenvalue weighted by Gasteiger charge is 2.31. The van der Waals surface area contributed by atoms with Gasteiger partial charge in [0.1, 0.15) is 5.75 Å². The molecule has 0 unspecified atom stereocenters. The fraction of sp³-hybridized carbons (Fsp3) is 0.214. The van der Waals surface area contributed by atoms with Gasteiger partial charge in [0.2, 0.25) is 0 Å². The van der Waals surface area contributed by atoms with Gasteiger partial charge in [0.15, 0.2) is 4.80 Å². The predicted octanol–water partition coefficient (Wildman–Crippen LogP) is 7.11. The Bertz CT molecular complexity index is 1440. The number of ether oxygens (including phenoxy) is 1. The Morgan fingerprint density at radius 2 is 1.74 bits per heavy atom. The van der Waals surface area contributed by atoms with Crippen molar-refractivity contribution in [2.45, 2.75) is 25.9 Å². The highest BCUT2D eigenvalue weighted by atomic mass is 35.5. The first-order valence-corrected chi connectivity index (χ1v) is 13.3. The number of urea groups is 1. The summed E-state index contributed by atoms with van der Waals surface area (Å²) in [6.45, 7) is 1.40. The summed E-state index contributed by atoms with van der Waals surface area (Å²) in [5.74, 6) is -0.286. The maximum Gasteiger partial charge on any atom is 0.573 e. The summed E-state index contributed by atoms with van der Waals surface area (Å²) in [7, 11) is 1.70. The molecule has 1 aromatic heterocycles. The third-order valence-corrected chi connectivity index (χ3v) is 6.93. The van der Waals surface area contributed by atoms with E-state index in [1.807, 2.05) is 52.4 Å². The quantitative estimate of drug-likeness (QED) is 0.217. The van der Waals surface area contributed by atoms with E-state index in [0.29, 0.717) is 31.1 Å². The number of hydrogen-bond acceptors (Lipinski definition) is 4. The standard InChI is InChI=1S/C28H26ClF3N4O2S/c1-35(23-6-3-2-4-7-23)26(37)33-16-5-17-36-25(21-10-14-24(15-11-21)38-28(30,31)32)19-39-27(36)34-18-20-8-12-22(29)13-9-20/h2-4,6-15,19H,5,16-18H2,1H3,(H,33,37). The lowest BCUT2D eigenvalue weighted by atomic mass is 10.1. The van der Waals surface area contributed by atoms with Gasteiger partial charge in [-0.3, -0.25) is 9.89 Å². The largest absolute Gasteiger partial charge is 0.573 e. The molecule has 0 fully saturated rings. The van der Waals surface area contributed by atoms with Crippen molar-refractivity contribution in [1.29, 1.82) is 0 Å². The first kappa shape index (κ1) is 28.3. The lowest BCUT2D eigenvalue weighted by Crippen LogP contribution is -2.38. The fourth-order valence-corrected chi connectivity index (χ4v) is 4.86. The second-order valence-corrected chi connectivity index (χ2v) is 9.82. The summed E-state index contributed by atoms with van der Waals surface area (Å²) in [6, 6.07) is 22.3. The molecule has 39 heavy (non-hydrogen) atoms. The van der Waals surface area contributed by atoms with Crippen molar-refractivity contribution in [2.24, 2.45) is 4.99 Å². The van der Waals surface area contributed by atoms with Crippen molar-refractivity contribution < 1.29 is 22.7 Å². The zero-order valence-corrected chi connectivity index (χ0v) is 22.6. The van der Waals surface area contributed by atoms with E-state index in [4.69, 9.17) is 16.6 Å². The van der Waals surface area contributed by atoms with Gasteiger partial charge in [-0.1, -0.05) is 41.9 Å². The first-order valence-electron chi connectivity index (χ1n) is 12.1. The molecule has 4 rings (SSSR count). The van der Waals surface area contributed by atoms with E-state index in [2.05, 4.69) is 10.1 Å². The molecule has 6 nitrogen and oxygen atoms in total. The van der Waals surface area contributed by atoms with E-state index in [-0.39, 0.29) is 11.8 Å². The average Bonchev–Trinajstić information content (AvgIpc) is 3.32. The molecule has 0 saturated heterocycles. The number of para-hydroxylation sites is 1. The topological polar surface area (TPSA) is 58.9 Å². The molecule has 4 aromatic rings. The summed E-state index contributed by atoms with van der Waals surface area (Å²) in [4.78, 5) is 19.6. The molecule has 204 valence electrons. The predicted molar refractivity (Wildman–Crippen MR) is 148 cm³/mol.